The molecule has 1 nitrogen and oxygen atoms in total. The first kappa shape index (κ1) is 13.6. The van der Waals surface area contributed by atoms with E-state index in [4.69, 9.17) is 0 Å². The minimum Gasteiger partial charge on any atom is -0.293 e. The van der Waals surface area contributed by atoms with E-state index in [1.807, 2.05) is 13.8 Å². The molecule has 1 atom stereocenters. The molecule has 0 unspecified atom stereocenters. The lowest BCUT2D eigenvalue weighted by Crippen LogP contribution is -2.37. The molecule has 0 aromatic heterocycles. The van der Waals surface area contributed by atoms with Gasteiger partial charge in [-0.25, -0.2) is 0 Å². The van der Waals surface area contributed by atoms with Crippen molar-refractivity contribution in [3.05, 3.63) is 12.2 Å². The summed E-state index contributed by atoms with van der Waals surface area (Å²) in [4.78, 5) is 2.63. The van der Waals surface area contributed by atoms with Gasteiger partial charge in [0.1, 0.15) is 0 Å². The fourth-order valence-corrected chi connectivity index (χ4v) is 2.76. The van der Waals surface area contributed by atoms with Crippen LogP contribution in [0.1, 0.15) is 46.5 Å². The van der Waals surface area contributed by atoms with Crippen LogP contribution in [0.4, 0.5) is 4.70 Å². The highest BCUT2D eigenvalue weighted by atomic mass is 19.0. The molecule has 0 aromatic rings. The highest BCUT2D eigenvalue weighted by molar-refractivity contribution is 5.16. The first-order valence-corrected chi connectivity index (χ1v) is 5.68. The summed E-state index contributed by atoms with van der Waals surface area (Å²) in [5.41, 5.74) is 2.00. The molecule has 2 fully saturated rings. The van der Waals surface area contributed by atoms with Gasteiger partial charge in [0.05, 0.1) is 0 Å². The van der Waals surface area contributed by atoms with Crippen LogP contribution in [0, 0.1) is 0 Å². The predicted octanol–water partition coefficient (Wildman–Crippen LogP) is 3.37. The lowest BCUT2D eigenvalue weighted by Gasteiger charge is -2.29. The highest BCUT2D eigenvalue weighted by Gasteiger charge is 2.43. The maximum absolute atomic E-state index is 4.09. The van der Waals surface area contributed by atoms with Crippen molar-refractivity contribution < 1.29 is 4.70 Å². The van der Waals surface area contributed by atoms with Gasteiger partial charge in [0.15, 0.2) is 0 Å². The third-order valence-electron chi connectivity index (χ3n) is 3.39. The van der Waals surface area contributed by atoms with Crippen molar-refractivity contribution in [3.63, 3.8) is 0 Å². The fourth-order valence-electron chi connectivity index (χ4n) is 2.76. The Morgan fingerprint density at radius 3 is 2.57 bits per heavy atom. The Bertz CT molecular complexity index is 191. The second-order valence-corrected chi connectivity index (χ2v) is 4.03. The molecule has 84 valence electrons. The Balaban J connectivity index is 0.000000531. The largest absolute Gasteiger partial charge is 0.293 e. The first-order chi connectivity index (χ1) is 6.27. The summed E-state index contributed by atoms with van der Waals surface area (Å²) in [6.45, 7) is 12.9. The van der Waals surface area contributed by atoms with E-state index in [0.717, 1.165) is 0 Å². The molecule has 0 saturated carbocycles. The summed E-state index contributed by atoms with van der Waals surface area (Å²) in [7, 11) is 0. The Labute approximate surface area is 87.5 Å². The molecule has 2 saturated heterocycles. The molecule has 14 heavy (non-hydrogen) atoms. The van der Waals surface area contributed by atoms with E-state index >= 15 is 0 Å². The molecule has 2 aliphatic heterocycles. The molecule has 0 aromatic carbocycles. The SMILES string of the molecule is C=C1CN2CCC[C@@]2(CC)C1.CC.F. The summed E-state index contributed by atoms with van der Waals surface area (Å²) < 4.78 is 0. The van der Waals surface area contributed by atoms with Gasteiger partial charge in [-0.15, -0.1) is 0 Å². The van der Waals surface area contributed by atoms with Crippen molar-refractivity contribution in [1.29, 1.82) is 0 Å². The Hall–Kier alpha value is -0.370. The van der Waals surface area contributed by atoms with E-state index in [2.05, 4.69) is 18.4 Å². The average Bonchev–Trinajstić information content (AvgIpc) is 2.64. The van der Waals surface area contributed by atoms with E-state index in [1.54, 1.807) is 0 Å². The summed E-state index contributed by atoms with van der Waals surface area (Å²) in [6.07, 6.45) is 5.39. The van der Waals surface area contributed by atoms with Crippen molar-refractivity contribution in [3.8, 4) is 0 Å². The molecule has 0 radical (unpaired) electrons. The Morgan fingerprint density at radius 1 is 1.43 bits per heavy atom. The van der Waals surface area contributed by atoms with Crippen LogP contribution in [0.5, 0.6) is 0 Å². The van der Waals surface area contributed by atoms with Gasteiger partial charge < -0.3 is 0 Å². The van der Waals surface area contributed by atoms with Crippen LogP contribution in [-0.4, -0.2) is 23.5 Å². The van der Waals surface area contributed by atoms with Crippen LogP contribution in [0.15, 0.2) is 12.2 Å². The third kappa shape index (κ3) is 2.17. The van der Waals surface area contributed by atoms with Gasteiger partial charge in [-0.1, -0.05) is 32.9 Å². The van der Waals surface area contributed by atoms with E-state index in [-0.39, 0.29) is 4.70 Å². The third-order valence-corrected chi connectivity index (χ3v) is 3.39. The zero-order valence-corrected chi connectivity index (χ0v) is 9.81. The topological polar surface area (TPSA) is 3.24 Å². The summed E-state index contributed by atoms with van der Waals surface area (Å²) in [6, 6.07) is 0. The van der Waals surface area contributed by atoms with Crippen LogP contribution in [-0.2, 0) is 0 Å². The predicted molar refractivity (Wildman–Crippen MR) is 61.4 cm³/mol. The fraction of sp³-hybridized carbons (Fsp3) is 0.833. The zero-order valence-electron chi connectivity index (χ0n) is 9.81. The molecular formula is C12H24FN. The first-order valence-electron chi connectivity index (χ1n) is 5.68. The summed E-state index contributed by atoms with van der Waals surface area (Å²) in [5, 5.41) is 0. The van der Waals surface area contributed by atoms with Gasteiger partial charge in [0, 0.05) is 12.1 Å². The molecule has 0 spiro atoms. The van der Waals surface area contributed by atoms with Crippen LogP contribution in [0.2, 0.25) is 0 Å². The maximum atomic E-state index is 4.09. The molecule has 0 bridgehead atoms. The van der Waals surface area contributed by atoms with Crippen LogP contribution in [0.25, 0.3) is 0 Å². The summed E-state index contributed by atoms with van der Waals surface area (Å²) >= 11 is 0. The van der Waals surface area contributed by atoms with Crippen molar-refractivity contribution in [1.82, 2.24) is 4.90 Å². The van der Waals surface area contributed by atoms with Crippen molar-refractivity contribution in [2.24, 2.45) is 0 Å². The number of halogens is 1. The van der Waals surface area contributed by atoms with Gasteiger partial charge in [0.25, 0.3) is 0 Å². The van der Waals surface area contributed by atoms with Crippen molar-refractivity contribution in [2.45, 2.75) is 52.0 Å². The monoisotopic (exact) mass is 201 g/mol. The number of nitrogens with zero attached hydrogens (tertiary/aromatic N) is 1. The molecule has 2 rings (SSSR count). The molecule has 0 N–H and O–H groups in total. The lowest BCUT2D eigenvalue weighted by atomic mass is 9.90. The second-order valence-electron chi connectivity index (χ2n) is 4.03. The van der Waals surface area contributed by atoms with E-state index < -0.39 is 0 Å². The molecule has 0 aliphatic carbocycles. The zero-order chi connectivity index (χ0) is 9.90. The molecule has 2 heteroatoms. The average molecular weight is 201 g/mol. The minimum absolute atomic E-state index is 0. The maximum Gasteiger partial charge on any atom is 0.0248 e. The smallest absolute Gasteiger partial charge is 0.0248 e. The quantitative estimate of drug-likeness (QED) is 0.588. The van der Waals surface area contributed by atoms with Gasteiger partial charge in [-0.3, -0.25) is 9.60 Å². The second kappa shape index (κ2) is 5.50. The van der Waals surface area contributed by atoms with Gasteiger partial charge in [-0.2, -0.15) is 0 Å². The molecular weight excluding hydrogens is 177 g/mol. The number of rotatable bonds is 1. The van der Waals surface area contributed by atoms with Crippen LogP contribution >= 0.6 is 0 Å². The van der Waals surface area contributed by atoms with Gasteiger partial charge >= 0.3 is 0 Å². The summed E-state index contributed by atoms with van der Waals surface area (Å²) in [5.74, 6) is 0. The van der Waals surface area contributed by atoms with Crippen LogP contribution < -0.4 is 0 Å². The normalized spacial score (nSPS) is 30.4. The highest BCUT2D eigenvalue weighted by Crippen LogP contribution is 2.42. The van der Waals surface area contributed by atoms with Gasteiger partial charge in [-0.05, 0) is 32.2 Å². The van der Waals surface area contributed by atoms with Crippen LogP contribution in [0.3, 0.4) is 0 Å². The van der Waals surface area contributed by atoms with E-state index in [9.17, 15) is 0 Å². The number of hydrogen-bond acceptors (Lipinski definition) is 1. The Kier molecular flexibility index (Phi) is 5.35. The number of fused-ring (bicyclic) bond motifs is 1. The molecule has 2 aliphatic rings. The minimum atomic E-state index is 0. The van der Waals surface area contributed by atoms with Crippen molar-refractivity contribution in [2.75, 3.05) is 13.1 Å². The van der Waals surface area contributed by atoms with Gasteiger partial charge in [0.2, 0.25) is 0 Å². The Morgan fingerprint density at radius 2 is 2.07 bits per heavy atom. The number of hydrogen-bond donors (Lipinski definition) is 0. The van der Waals surface area contributed by atoms with E-state index in [1.165, 1.54) is 44.3 Å². The molecule has 2 heterocycles. The van der Waals surface area contributed by atoms with Crippen molar-refractivity contribution >= 4 is 0 Å². The standard InChI is InChI=1S/C10H17N.C2H6.FH/c1-3-10-5-4-6-11(10)8-9(2)7-10;1-2;/h2-8H2,1H3;1-2H3;1H/t10-;;/m0../s1. The molecule has 0 amide bonds. The van der Waals surface area contributed by atoms with E-state index in [0.29, 0.717) is 5.54 Å². The lowest BCUT2D eigenvalue weighted by molar-refractivity contribution is 0.189.